The van der Waals surface area contributed by atoms with E-state index in [1.165, 1.54) is 12.1 Å². The van der Waals surface area contributed by atoms with Gasteiger partial charge in [-0.2, -0.15) is 13.2 Å². The second-order valence-corrected chi connectivity index (χ2v) is 4.58. The maximum absolute atomic E-state index is 12.9. The molecule has 114 valence electrons. The van der Waals surface area contributed by atoms with E-state index in [-0.39, 0.29) is 56.1 Å². The molecule has 1 saturated heterocycles. The van der Waals surface area contributed by atoms with Crippen molar-refractivity contribution >= 4 is 49.4 Å². The fourth-order valence-electron chi connectivity index (χ4n) is 2.26. The topological polar surface area (TPSA) is 49.8 Å². The van der Waals surface area contributed by atoms with E-state index in [0.29, 0.717) is 13.0 Å². The van der Waals surface area contributed by atoms with Crippen molar-refractivity contribution in [3.05, 3.63) is 29.8 Å². The van der Waals surface area contributed by atoms with Crippen LogP contribution in [0.5, 0.6) is 0 Å². The molecule has 0 bridgehead atoms. The van der Waals surface area contributed by atoms with Gasteiger partial charge in [-0.3, -0.25) is 0 Å². The van der Waals surface area contributed by atoms with Crippen LogP contribution < -0.4 is 4.90 Å². The molecule has 1 aromatic rings. The fourth-order valence-corrected chi connectivity index (χ4v) is 2.26. The second-order valence-electron chi connectivity index (χ2n) is 4.58. The Morgan fingerprint density at radius 2 is 2.05 bits per heavy atom. The van der Waals surface area contributed by atoms with Gasteiger partial charge in [-0.25, -0.2) is 4.79 Å². The van der Waals surface area contributed by atoms with Gasteiger partial charge in [-0.1, -0.05) is 12.1 Å². The van der Waals surface area contributed by atoms with Crippen molar-refractivity contribution in [1.82, 2.24) is 0 Å². The number of carbonyl (C=O) groups is 1. The molecule has 0 radical (unpaired) electrons. The van der Waals surface area contributed by atoms with Crippen LogP contribution in [0.1, 0.15) is 12.0 Å². The Hall–Kier alpha value is -0.500. The fraction of sp³-hybridized carbons (Fsp3) is 0.462. The molecule has 1 N–H and O–H groups in total. The standard InChI is InChI=1S/C13H14F3NO3.Ca.2H/c14-13(15,16)10-3-1-2-4-11(10)17-6-5-9(7-17)20-8-12(18)19;;;/h1-4,9H,5-8H2,(H,18,19);;;. The molecule has 1 aliphatic heterocycles. The molecule has 8 heteroatoms. The number of benzene rings is 1. The van der Waals surface area contributed by atoms with E-state index in [1.807, 2.05) is 0 Å². The van der Waals surface area contributed by atoms with Crippen molar-refractivity contribution < 1.29 is 27.8 Å². The molecule has 2 rings (SSSR count). The van der Waals surface area contributed by atoms with Gasteiger partial charge in [0.2, 0.25) is 0 Å². The summed E-state index contributed by atoms with van der Waals surface area (Å²) in [5, 5.41) is 8.52. The van der Waals surface area contributed by atoms with Crippen LogP contribution in [-0.4, -0.2) is 74.6 Å². The third-order valence-electron chi connectivity index (χ3n) is 3.14. The van der Waals surface area contributed by atoms with Crippen LogP contribution in [0.25, 0.3) is 0 Å². The summed E-state index contributed by atoms with van der Waals surface area (Å²) in [4.78, 5) is 12.0. The van der Waals surface area contributed by atoms with Crippen LogP contribution in [0.2, 0.25) is 0 Å². The van der Waals surface area contributed by atoms with Gasteiger partial charge in [-0.15, -0.1) is 0 Å². The average molecular weight is 331 g/mol. The van der Waals surface area contributed by atoms with Gasteiger partial charge in [0.15, 0.2) is 0 Å². The zero-order valence-corrected chi connectivity index (χ0v) is 10.6. The molecule has 1 heterocycles. The van der Waals surface area contributed by atoms with Crippen molar-refractivity contribution in [1.29, 1.82) is 0 Å². The zero-order chi connectivity index (χ0) is 14.8. The Kier molecular flexibility index (Phi) is 6.77. The number of nitrogens with zero attached hydrogens (tertiary/aromatic N) is 1. The van der Waals surface area contributed by atoms with Crippen molar-refractivity contribution in [2.45, 2.75) is 18.7 Å². The summed E-state index contributed by atoms with van der Waals surface area (Å²) in [5.41, 5.74) is -0.569. The molecule has 4 nitrogen and oxygen atoms in total. The van der Waals surface area contributed by atoms with Crippen LogP contribution in [-0.2, 0) is 15.7 Å². The summed E-state index contributed by atoms with van der Waals surface area (Å²) in [6, 6.07) is 5.36. The van der Waals surface area contributed by atoms with Crippen LogP contribution in [0.15, 0.2) is 24.3 Å². The van der Waals surface area contributed by atoms with Crippen LogP contribution in [0, 0.1) is 0 Å². The van der Waals surface area contributed by atoms with Crippen LogP contribution in [0.3, 0.4) is 0 Å². The number of carboxylic acid groups (broad SMARTS) is 1. The first kappa shape index (κ1) is 18.5. The van der Waals surface area contributed by atoms with Gasteiger partial charge >= 0.3 is 49.9 Å². The average Bonchev–Trinajstić information content (AvgIpc) is 2.84. The van der Waals surface area contributed by atoms with Gasteiger partial charge in [0.05, 0.1) is 11.7 Å². The van der Waals surface area contributed by atoms with E-state index < -0.39 is 24.3 Å². The van der Waals surface area contributed by atoms with E-state index in [2.05, 4.69) is 0 Å². The maximum atomic E-state index is 12.9. The van der Waals surface area contributed by atoms with Crippen LogP contribution in [0.4, 0.5) is 18.9 Å². The summed E-state index contributed by atoms with van der Waals surface area (Å²) in [6.45, 7) is 0.247. The Morgan fingerprint density at radius 3 is 2.67 bits per heavy atom. The summed E-state index contributed by atoms with van der Waals surface area (Å²) >= 11 is 0. The van der Waals surface area contributed by atoms with Crippen LogP contribution >= 0.6 is 0 Å². The quantitative estimate of drug-likeness (QED) is 0.849. The van der Waals surface area contributed by atoms with Gasteiger partial charge < -0.3 is 14.7 Å². The molecule has 0 amide bonds. The number of halogens is 3. The van der Waals surface area contributed by atoms with E-state index in [1.54, 1.807) is 11.0 Å². The first-order valence-electron chi connectivity index (χ1n) is 6.12. The molecule has 0 saturated carbocycles. The Morgan fingerprint density at radius 1 is 1.38 bits per heavy atom. The van der Waals surface area contributed by atoms with Crippen molar-refractivity contribution in [2.75, 3.05) is 24.6 Å². The molecule has 0 aromatic heterocycles. The number of ether oxygens (including phenoxy) is 1. The van der Waals surface area contributed by atoms with Gasteiger partial charge in [0, 0.05) is 18.8 Å². The predicted octanol–water partition coefficient (Wildman–Crippen LogP) is 1.47. The molecule has 1 aromatic carbocycles. The SMILES string of the molecule is O=C(O)COC1CCN(c2ccccc2C(F)(F)F)C1.[CaH2]. The van der Waals surface area contributed by atoms with Gasteiger partial charge in [0.1, 0.15) is 6.61 Å². The normalized spacial score (nSPS) is 18.4. The molecular weight excluding hydrogens is 315 g/mol. The molecule has 1 fully saturated rings. The summed E-state index contributed by atoms with van der Waals surface area (Å²) < 4.78 is 43.9. The predicted molar refractivity (Wildman–Crippen MR) is 74.2 cm³/mol. The third kappa shape index (κ3) is 5.02. The van der Waals surface area contributed by atoms with E-state index >= 15 is 0 Å². The number of rotatable bonds is 4. The Balaban J connectivity index is 0.00000220. The second kappa shape index (κ2) is 7.67. The van der Waals surface area contributed by atoms with E-state index in [4.69, 9.17) is 9.84 Å². The Bertz CT molecular complexity index is 496. The summed E-state index contributed by atoms with van der Waals surface area (Å²) in [7, 11) is 0. The Labute approximate surface area is 149 Å². The summed E-state index contributed by atoms with van der Waals surface area (Å²) in [5.74, 6) is -1.08. The minimum atomic E-state index is -4.41. The third-order valence-corrected chi connectivity index (χ3v) is 3.14. The molecule has 0 aliphatic carbocycles. The van der Waals surface area contributed by atoms with Crippen molar-refractivity contribution in [3.63, 3.8) is 0 Å². The summed E-state index contributed by atoms with van der Waals surface area (Å²) in [6.07, 6.45) is -4.25. The number of anilines is 1. The number of hydrogen-bond donors (Lipinski definition) is 1. The number of hydrogen-bond acceptors (Lipinski definition) is 3. The molecule has 21 heavy (non-hydrogen) atoms. The number of aliphatic carboxylic acids is 1. The van der Waals surface area contributed by atoms with E-state index in [0.717, 1.165) is 6.07 Å². The van der Waals surface area contributed by atoms with Gasteiger partial charge in [0.25, 0.3) is 0 Å². The number of carboxylic acids is 1. The minimum absolute atomic E-state index is 0. The molecule has 1 aliphatic rings. The van der Waals surface area contributed by atoms with Crippen molar-refractivity contribution in [2.24, 2.45) is 0 Å². The van der Waals surface area contributed by atoms with Crippen molar-refractivity contribution in [3.8, 4) is 0 Å². The van der Waals surface area contributed by atoms with E-state index in [9.17, 15) is 18.0 Å². The monoisotopic (exact) mass is 331 g/mol. The molecule has 0 spiro atoms. The zero-order valence-electron chi connectivity index (χ0n) is 10.6. The number of para-hydroxylation sites is 1. The first-order valence-corrected chi connectivity index (χ1v) is 6.12. The molecular formula is C13H16CaF3NO3. The van der Waals surface area contributed by atoms with Gasteiger partial charge in [-0.05, 0) is 18.6 Å². The number of alkyl halides is 3. The molecule has 1 atom stereocenters. The molecule has 1 unspecified atom stereocenters. The first-order chi connectivity index (χ1) is 9.38.